The number of pyridine rings is 1. The van der Waals surface area contributed by atoms with Crippen LogP contribution in [0.2, 0.25) is 0 Å². The number of benzene rings is 1. The van der Waals surface area contributed by atoms with Gasteiger partial charge in [-0.1, -0.05) is 6.07 Å². The molecule has 0 spiro atoms. The average Bonchev–Trinajstić information content (AvgIpc) is 2.67. The molecule has 2 heterocycles. The van der Waals surface area contributed by atoms with Crippen molar-refractivity contribution in [1.29, 1.82) is 0 Å². The van der Waals surface area contributed by atoms with Gasteiger partial charge in [0.2, 0.25) is 0 Å². The van der Waals surface area contributed by atoms with E-state index in [1.807, 2.05) is 60.9 Å². The second-order valence-electron chi connectivity index (χ2n) is 7.79. The quantitative estimate of drug-likeness (QED) is 0.693. The monoisotopic (exact) mass is 407 g/mol. The van der Waals surface area contributed by atoms with Crippen LogP contribution in [0.15, 0.2) is 41.3 Å². The van der Waals surface area contributed by atoms with Gasteiger partial charge in [-0.25, -0.2) is 0 Å². The molecule has 0 saturated heterocycles. The molecule has 1 aromatic heterocycles. The smallest absolute Gasteiger partial charge is 0.334 e. The molecule has 0 amide bonds. The van der Waals surface area contributed by atoms with E-state index >= 15 is 0 Å². The Labute approximate surface area is 169 Å². The number of alkyl halides is 3. The molecule has 0 unspecified atom stereocenters. The third kappa shape index (κ3) is 5.01. The highest BCUT2D eigenvalue weighted by atomic mass is 19.4. The van der Waals surface area contributed by atoms with Gasteiger partial charge in [-0.2, -0.15) is 13.2 Å². The highest BCUT2D eigenvalue weighted by Gasteiger charge is 2.29. The summed E-state index contributed by atoms with van der Waals surface area (Å²) in [6.45, 7) is 7.72. The van der Waals surface area contributed by atoms with Crippen LogP contribution in [-0.2, 0) is 19.5 Å². The van der Waals surface area contributed by atoms with Gasteiger partial charge in [0.1, 0.15) is 5.69 Å². The first kappa shape index (κ1) is 21.4. The predicted octanol–water partition coefficient (Wildman–Crippen LogP) is 4.73. The van der Waals surface area contributed by atoms with Gasteiger partial charge in [-0.15, -0.1) is 0 Å². The second-order valence-corrected chi connectivity index (χ2v) is 7.79. The maximum absolute atomic E-state index is 12.8. The van der Waals surface area contributed by atoms with Crippen molar-refractivity contribution in [2.75, 3.05) is 18.0 Å². The van der Waals surface area contributed by atoms with E-state index in [0.29, 0.717) is 25.3 Å². The summed E-state index contributed by atoms with van der Waals surface area (Å²) < 4.78 is 39.4. The Morgan fingerprint density at radius 3 is 2.59 bits per heavy atom. The van der Waals surface area contributed by atoms with Crippen molar-refractivity contribution in [3.8, 4) is 0 Å². The molecule has 0 N–H and O–H groups in total. The Bertz CT molecular complexity index is 905. The van der Waals surface area contributed by atoms with Crippen LogP contribution in [-0.4, -0.2) is 34.8 Å². The van der Waals surface area contributed by atoms with Crippen LogP contribution in [0.4, 0.5) is 24.5 Å². The molecule has 0 radical (unpaired) electrons. The fourth-order valence-corrected chi connectivity index (χ4v) is 3.90. The molecule has 158 valence electrons. The zero-order valence-electron chi connectivity index (χ0n) is 17.2. The summed E-state index contributed by atoms with van der Waals surface area (Å²) >= 11 is 0. The minimum atomic E-state index is -4.14. The number of hydrogen-bond donors (Lipinski definition) is 0. The topological polar surface area (TPSA) is 28.5 Å². The molecule has 0 fully saturated rings. The Morgan fingerprint density at radius 1 is 1.17 bits per heavy atom. The fraction of sp³-hybridized carbons (Fsp3) is 0.500. The van der Waals surface area contributed by atoms with Crippen molar-refractivity contribution in [3.05, 3.63) is 58.0 Å². The van der Waals surface area contributed by atoms with Crippen molar-refractivity contribution in [1.82, 2.24) is 9.47 Å². The molecule has 0 aliphatic carbocycles. The molecule has 3 rings (SSSR count). The fourth-order valence-electron chi connectivity index (χ4n) is 3.90. The SMILES string of the molecule is CCn1cccc(N(c2ccc3c(c2)CN(CCC(F)(F)F)CC3)C(C)C)c1=O. The standard InChI is InChI=1S/C22H28F3N3O/c1-4-27-11-5-6-20(21(27)29)28(16(2)3)19-8-7-17-9-12-26(15-18(17)14-19)13-10-22(23,24)25/h5-8,11,14,16H,4,9-10,12-13,15H2,1-3H3. The van der Waals surface area contributed by atoms with E-state index in [1.54, 1.807) is 10.8 Å². The minimum Gasteiger partial charge on any atom is -0.334 e. The second kappa shape index (κ2) is 8.61. The Hall–Kier alpha value is -2.28. The van der Waals surface area contributed by atoms with Crippen LogP contribution in [0.5, 0.6) is 0 Å². The van der Waals surface area contributed by atoms with E-state index in [-0.39, 0.29) is 18.1 Å². The first-order chi connectivity index (χ1) is 13.7. The van der Waals surface area contributed by atoms with Gasteiger partial charge in [0.05, 0.1) is 6.42 Å². The molecule has 4 nitrogen and oxygen atoms in total. The highest BCUT2D eigenvalue weighted by Crippen LogP contribution is 2.30. The van der Waals surface area contributed by atoms with Crippen LogP contribution in [0.1, 0.15) is 38.3 Å². The van der Waals surface area contributed by atoms with Gasteiger partial charge < -0.3 is 9.47 Å². The number of rotatable bonds is 6. The summed E-state index contributed by atoms with van der Waals surface area (Å²) in [5, 5.41) is 0. The van der Waals surface area contributed by atoms with E-state index < -0.39 is 12.6 Å². The molecule has 29 heavy (non-hydrogen) atoms. The molecular formula is C22H28F3N3O. The van der Waals surface area contributed by atoms with Crippen LogP contribution in [0, 0.1) is 0 Å². The number of aryl methyl sites for hydroxylation is 1. The summed E-state index contributed by atoms with van der Waals surface area (Å²) in [5.41, 5.74) is 3.65. The normalized spacial score (nSPS) is 14.9. The number of anilines is 2. The van der Waals surface area contributed by atoms with Crippen molar-refractivity contribution < 1.29 is 13.2 Å². The minimum absolute atomic E-state index is 0.0148. The molecule has 0 atom stereocenters. The summed E-state index contributed by atoms with van der Waals surface area (Å²) in [4.78, 5) is 16.7. The zero-order valence-corrected chi connectivity index (χ0v) is 17.2. The van der Waals surface area contributed by atoms with Gasteiger partial charge in [-0.3, -0.25) is 9.69 Å². The Balaban J connectivity index is 1.90. The lowest BCUT2D eigenvalue weighted by Gasteiger charge is -2.32. The van der Waals surface area contributed by atoms with E-state index in [9.17, 15) is 18.0 Å². The van der Waals surface area contributed by atoms with Crippen molar-refractivity contribution in [2.24, 2.45) is 0 Å². The first-order valence-corrected chi connectivity index (χ1v) is 10.1. The van der Waals surface area contributed by atoms with Gasteiger partial charge in [0.25, 0.3) is 5.56 Å². The number of aromatic nitrogens is 1. The summed E-state index contributed by atoms with van der Waals surface area (Å²) in [6.07, 6.45) is -2.41. The summed E-state index contributed by atoms with van der Waals surface area (Å²) in [6, 6.07) is 9.82. The van der Waals surface area contributed by atoms with Crippen molar-refractivity contribution >= 4 is 11.4 Å². The van der Waals surface area contributed by atoms with E-state index in [0.717, 1.165) is 17.7 Å². The van der Waals surface area contributed by atoms with Crippen LogP contribution >= 0.6 is 0 Å². The van der Waals surface area contributed by atoms with E-state index in [2.05, 4.69) is 0 Å². The number of nitrogens with zero attached hydrogens (tertiary/aromatic N) is 3. The van der Waals surface area contributed by atoms with Crippen molar-refractivity contribution in [3.63, 3.8) is 0 Å². The van der Waals surface area contributed by atoms with Gasteiger partial charge in [0, 0.05) is 44.1 Å². The van der Waals surface area contributed by atoms with Gasteiger partial charge in [-0.05, 0) is 62.6 Å². The molecular weight excluding hydrogens is 379 g/mol. The van der Waals surface area contributed by atoms with Crippen LogP contribution in [0.25, 0.3) is 0 Å². The van der Waals surface area contributed by atoms with E-state index in [1.165, 1.54) is 5.56 Å². The Kier molecular flexibility index (Phi) is 6.36. The lowest BCUT2D eigenvalue weighted by atomic mass is 9.98. The number of fused-ring (bicyclic) bond motifs is 1. The van der Waals surface area contributed by atoms with Crippen LogP contribution < -0.4 is 10.5 Å². The largest absolute Gasteiger partial charge is 0.390 e. The lowest BCUT2D eigenvalue weighted by molar-refractivity contribution is -0.138. The molecule has 1 aliphatic rings. The highest BCUT2D eigenvalue weighted by molar-refractivity contribution is 5.64. The Morgan fingerprint density at radius 2 is 1.93 bits per heavy atom. The molecule has 7 heteroatoms. The number of hydrogen-bond acceptors (Lipinski definition) is 3. The van der Waals surface area contributed by atoms with Crippen molar-refractivity contribution in [2.45, 2.75) is 58.9 Å². The third-order valence-corrected chi connectivity index (χ3v) is 5.39. The van der Waals surface area contributed by atoms with Gasteiger partial charge >= 0.3 is 6.18 Å². The first-order valence-electron chi connectivity index (χ1n) is 10.1. The molecule has 0 bridgehead atoms. The van der Waals surface area contributed by atoms with Gasteiger partial charge in [0.15, 0.2) is 0 Å². The maximum atomic E-state index is 12.8. The predicted molar refractivity (Wildman–Crippen MR) is 110 cm³/mol. The average molecular weight is 407 g/mol. The summed E-state index contributed by atoms with van der Waals surface area (Å²) in [7, 11) is 0. The van der Waals surface area contributed by atoms with E-state index in [4.69, 9.17) is 0 Å². The molecule has 0 saturated carbocycles. The number of halogens is 3. The third-order valence-electron chi connectivity index (χ3n) is 5.39. The maximum Gasteiger partial charge on any atom is 0.390 e. The lowest BCUT2D eigenvalue weighted by Crippen LogP contribution is -2.35. The zero-order chi connectivity index (χ0) is 21.2. The summed E-state index contributed by atoms with van der Waals surface area (Å²) in [5.74, 6) is 0. The molecule has 1 aliphatic heterocycles. The molecule has 2 aromatic rings. The van der Waals surface area contributed by atoms with Crippen LogP contribution in [0.3, 0.4) is 0 Å². The molecule has 1 aromatic carbocycles.